The lowest BCUT2D eigenvalue weighted by molar-refractivity contribution is -0.384. The van der Waals surface area contributed by atoms with Crippen molar-refractivity contribution in [3.63, 3.8) is 0 Å². The van der Waals surface area contributed by atoms with Crippen molar-refractivity contribution in [2.75, 3.05) is 5.32 Å². The number of benzene rings is 1. The van der Waals surface area contributed by atoms with Gasteiger partial charge in [-0.1, -0.05) is 0 Å². The summed E-state index contributed by atoms with van der Waals surface area (Å²) in [6.45, 7) is 2.07. The highest BCUT2D eigenvalue weighted by Gasteiger charge is 2.37. The molecule has 0 spiro atoms. The molecular weight excluding hydrogens is 206 g/mol. The quantitative estimate of drug-likeness (QED) is 0.622. The number of hydrogen-bond acceptors (Lipinski definition) is 4. The summed E-state index contributed by atoms with van der Waals surface area (Å²) in [6, 6.07) is 6.28. The van der Waals surface area contributed by atoms with Crippen molar-refractivity contribution in [1.29, 1.82) is 5.26 Å². The number of non-ortho nitro benzene ring substituents is 1. The minimum absolute atomic E-state index is 0.0527. The fraction of sp³-hybridized carbons (Fsp3) is 0.364. The van der Waals surface area contributed by atoms with Crippen LogP contribution in [-0.2, 0) is 0 Å². The van der Waals surface area contributed by atoms with Crippen LogP contribution in [0.3, 0.4) is 0 Å². The molecule has 0 amide bonds. The van der Waals surface area contributed by atoms with Gasteiger partial charge in [0.15, 0.2) is 0 Å². The lowest BCUT2D eigenvalue weighted by atomic mass is 10.1. The zero-order valence-electron chi connectivity index (χ0n) is 8.86. The first-order chi connectivity index (χ1) is 7.54. The van der Waals surface area contributed by atoms with E-state index in [4.69, 9.17) is 5.26 Å². The van der Waals surface area contributed by atoms with E-state index in [1.807, 2.05) is 6.07 Å². The van der Waals surface area contributed by atoms with Crippen LogP contribution in [0.1, 0.15) is 25.3 Å². The second-order valence-corrected chi connectivity index (χ2v) is 4.28. The highest BCUT2D eigenvalue weighted by atomic mass is 16.6. The lowest BCUT2D eigenvalue weighted by Gasteiger charge is -2.13. The Labute approximate surface area is 92.8 Å². The molecule has 1 aliphatic carbocycles. The molecule has 82 valence electrons. The molecule has 5 heteroatoms. The second-order valence-electron chi connectivity index (χ2n) is 4.28. The van der Waals surface area contributed by atoms with Crippen molar-refractivity contribution in [2.24, 2.45) is 0 Å². The minimum atomic E-state index is -0.497. The zero-order valence-corrected chi connectivity index (χ0v) is 8.86. The van der Waals surface area contributed by atoms with Gasteiger partial charge in [0.05, 0.1) is 16.2 Å². The number of nitro benzene ring substituents is 1. The Balaban J connectivity index is 2.32. The van der Waals surface area contributed by atoms with Gasteiger partial charge in [-0.2, -0.15) is 5.26 Å². The average Bonchev–Trinajstić information content (AvgIpc) is 2.96. The Morgan fingerprint density at radius 3 is 2.75 bits per heavy atom. The molecule has 0 bridgehead atoms. The maximum Gasteiger partial charge on any atom is 0.270 e. The minimum Gasteiger partial charge on any atom is -0.379 e. The van der Waals surface area contributed by atoms with Crippen molar-refractivity contribution < 1.29 is 4.92 Å². The van der Waals surface area contributed by atoms with Crippen molar-refractivity contribution in [1.82, 2.24) is 0 Å². The molecule has 2 rings (SSSR count). The summed E-state index contributed by atoms with van der Waals surface area (Å²) in [5.74, 6) is 0. The van der Waals surface area contributed by atoms with Crippen LogP contribution in [0.2, 0.25) is 0 Å². The molecule has 1 N–H and O–H groups in total. The SMILES string of the molecule is CC1(Nc2ccc([N+](=O)[O-])cc2C#N)CC1. The maximum atomic E-state index is 10.6. The third-order valence-corrected chi connectivity index (χ3v) is 2.77. The molecule has 0 atom stereocenters. The van der Waals surface area contributed by atoms with Gasteiger partial charge in [-0.25, -0.2) is 0 Å². The molecule has 0 radical (unpaired) electrons. The number of nitro groups is 1. The van der Waals surface area contributed by atoms with Crippen molar-refractivity contribution in [3.05, 3.63) is 33.9 Å². The summed E-state index contributed by atoms with van der Waals surface area (Å²) in [6.07, 6.45) is 2.13. The van der Waals surface area contributed by atoms with E-state index in [1.54, 1.807) is 6.07 Å². The fourth-order valence-corrected chi connectivity index (χ4v) is 1.48. The summed E-state index contributed by atoms with van der Waals surface area (Å²) >= 11 is 0. The number of nitrogens with zero attached hydrogens (tertiary/aromatic N) is 2. The Hall–Kier alpha value is -2.09. The highest BCUT2D eigenvalue weighted by molar-refractivity contribution is 5.62. The monoisotopic (exact) mass is 217 g/mol. The summed E-state index contributed by atoms with van der Waals surface area (Å²) < 4.78 is 0. The van der Waals surface area contributed by atoms with Crippen LogP contribution in [-0.4, -0.2) is 10.5 Å². The summed E-state index contributed by atoms with van der Waals surface area (Å²) in [5, 5.41) is 22.7. The van der Waals surface area contributed by atoms with E-state index in [0.717, 1.165) is 12.8 Å². The Morgan fingerprint density at radius 1 is 1.56 bits per heavy atom. The first kappa shape index (κ1) is 10.4. The standard InChI is InChI=1S/C11H11N3O2/c1-11(4-5-11)13-10-3-2-9(14(15)16)6-8(10)7-12/h2-3,6,13H,4-5H2,1H3. The van der Waals surface area contributed by atoms with Crippen LogP contribution in [0.5, 0.6) is 0 Å². The molecule has 0 aliphatic heterocycles. The topological polar surface area (TPSA) is 79.0 Å². The second kappa shape index (κ2) is 3.49. The Kier molecular flexibility index (Phi) is 2.27. The molecule has 0 aromatic heterocycles. The zero-order chi connectivity index (χ0) is 11.8. The summed E-state index contributed by atoms with van der Waals surface area (Å²) in [4.78, 5) is 10.1. The molecular formula is C11H11N3O2. The van der Waals surface area contributed by atoms with Crippen LogP contribution in [0.25, 0.3) is 0 Å². The van der Waals surface area contributed by atoms with E-state index in [0.29, 0.717) is 11.3 Å². The highest BCUT2D eigenvalue weighted by Crippen LogP contribution is 2.39. The van der Waals surface area contributed by atoms with Crippen LogP contribution in [0.15, 0.2) is 18.2 Å². The van der Waals surface area contributed by atoms with E-state index in [-0.39, 0.29) is 11.2 Å². The maximum absolute atomic E-state index is 10.6. The van der Waals surface area contributed by atoms with Gasteiger partial charge in [0.2, 0.25) is 0 Å². The van der Waals surface area contributed by atoms with Crippen molar-refractivity contribution in [2.45, 2.75) is 25.3 Å². The number of anilines is 1. The molecule has 5 nitrogen and oxygen atoms in total. The molecule has 1 fully saturated rings. The van der Waals surface area contributed by atoms with E-state index in [9.17, 15) is 10.1 Å². The molecule has 1 aliphatic rings. The summed E-state index contributed by atoms with van der Waals surface area (Å²) in [7, 11) is 0. The number of nitriles is 1. The van der Waals surface area contributed by atoms with Crippen LogP contribution >= 0.6 is 0 Å². The predicted octanol–water partition coefficient (Wildman–Crippen LogP) is 2.43. The predicted molar refractivity (Wildman–Crippen MR) is 59.1 cm³/mol. The average molecular weight is 217 g/mol. The molecule has 1 aromatic rings. The normalized spacial score (nSPS) is 16.2. The first-order valence-electron chi connectivity index (χ1n) is 5.01. The van der Waals surface area contributed by atoms with Crippen LogP contribution in [0.4, 0.5) is 11.4 Å². The van der Waals surface area contributed by atoms with Crippen LogP contribution < -0.4 is 5.32 Å². The summed E-state index contributed by atoms with van der Waals surface area (Å²) in [5.41, 5.74) is 1.00. The van der Waals surface area contributed by atoms with E-state index in [1.165, 1.54) is 12.1 Å². The number of rotatable bonds is 3. The van der Waals surface area contributed by atoms with Gasteiger partial charge in [-0.15, -0.1) is 0 Å². The van der Waals surface area contributed by atoms with Gasteiger partial charge >= 0.3 is 0 Å². The molecule has 16 heavy (non-hydrogen) atoms. The van der Waals surface area contributed by atoms with Crippen LogP contribution in [0, 0.1) is 21.4 Å². The van der Waals surface area contributed by atoms with Crippen molar-refractivity contribution in [3.8, 4) is 6.07 Å². The van der Waals surface area contributed by atoms with Gasteiger partial charge < -0.3 is 5.32 Å². The molecule has 0 unspecified atom stereocenters. The first-order valence-corrected chi connectivity index (χ1v) is 5.01. The number of nitrogens with one attached hydrogen (secondary N) is 1. The van der Waals surface area contributed by atoms with Gasteiger partial charge in [-0.3, -0.25) is 10.1 Å². The van der Waals surface area contributed by atoms with Gasteiger partial charge in [0, 0.05) is 17.7 Å². The van der Waals surface area contributed by atoms with Gasteiger partial charge in [0.25, 0.3) is 5.69 Å². The fourth-order valence-electron chi connectivity index (χ4n) is 1.48. The molecule has 1 aromatic carbocycles. The van der Waals surface area contributed by atoms with Crippen molar-refractivity contribution >= 4 is 11.4 Å². The van der Waals surface area contributed by atoms with E-state index >= 15 is 0 Å². The molecule has 1 saturated carbocycles. The molecule has 0 saturated heterocycles. The third kappa shape index (κ3) is 1.96. The van der Waals surface area contributed by atoms with Gasteiger partial charge in [0.1, 0.15) is 6.07 Å². The number of hydrogen-bond donors (Lipinski definition) is 1. The molecule has 0 heterocycles. The smallest absolute Gasteiger partial charge is 0.270 e. The third-order valence-electron chi connectivity index (χ3n) is 2.77. The lowest BCUT2D eigenvalue weighted by Crippen LogP contribution is -2.16. The van der Waals surface area contributed by atoms with Gasteiger partial charge in [-0.05, 0) is 25.8 Å². The Morgan fingerprint density at radius 2 is 2.25 bits per heavy atom. The van der Waals surface area contributed by atoms with E-state index in [2.05, 4.69) is 12.2 Å². The van der Waals surface area contributed by atoms with E-state index < -0.39 is 4.92 Å². The Bertz CT molecular complexity index is 486. The largest absolute Gasteiger partial charge is 0.379 e.